The first-order valence-corrected chi connectivity index (χ1v) is 7.73. The molecular formula is C18H21N3OS. The molecule has 0 saturated heterocycles. The van der Waals surface area contributed by atoms with Gasteiger partial charge in [-0.2, -0.15) is 5.10 Å². The number of thiocarbonyl (C=S) groups is 1. The van der Waals surface area contributed by atoms with E-state index in [4.69, 9.17) is 17.0 Å². The Morgan fingerprint density at radius 3 is 2.65 bits per heavy atom. The van der Waals surface area contributed by atoms with Gasteiger partial charge < -0.3 is 10.1 Å². The minimum absolute atomic E-state index is 0.433. The van der Waals surface area contributed by atoms with Crippen LogP contribution in [0, 0.1) is 13.8 Å². The van der Waals surface area contributed by atoms with Crippen LogP contribution in [-0.2, 0) is 0 Å². The van der Waals surface area contributed by atoms with E-state index < -0.39 is 0 Å². The molecule has 2 aromatic carbocycles. The highest BCUT2D eigenvalue weighted by Crippen LogP contribution is 2.16. The number of hydrazone groups is 1. The first-order valence-electron chi connectivity index (χ1n) is 7.32. The monoisotopic (exact) mass is 327 g/mol. The summed E-state index contributed by atoms with van der Waals surface area (Å²) in [5, 5.41) is 7.88. The summed E-state index contributed by atoms with van der Waals surface area (Å²) < 4.78 is 5.19. The van der Waals surface area contributed by atoms with E-state index in [1.807, 2.05) is 31.2 Å². The SMILES string of the molecule is COc1cccc(NC(=S)N/N=C(/C)c2cc(C)ccc2C)c1. The van der Waals surface area contributed by atoms with Gasteiger partial charge in [0, 0.05) is 17.3 Å². The van der Waals surface area contributed by atoms with Gasteiger partial charge >= 0.3 is 0 Å². The molecule has 0 spiro atoms. The maximum Gasteiger partial charge on any atom is 0.191 e. The number of nitrogens with zero attached hydrogens (tertiary/aromatic N) is 1. The van der Waals surface area contributed by atoms with Crippen LogP contribution < -0.4 is 15.5 Å². The Kier molecular flexibility index (Phi) is 5.71. The minimum atomic E-state index is 0.433. The van der Waals surface area contributed by atoms with E-state index in [-0.39, 0.29) is 0 Å². The number of anilines is 1. The smallest absolute Gasteiger partial charge is 0.191 e. The highest BCUT2D eigenvalue weighted by Gasteiger charge is 2.03. The van der Waals surface area contributed by atoms with Gasteiger partial charge in [0.2, 0.25) is 0 Å². The van der Waals surface area contributed by atoms with Crippen LogP contribution in [0.25, 0.3) is 0 Å². The molecule has 0 fully saturated rings. The fraction of sp³-hybridized carbons (Fsp3) is 0.222. The van der Waals surface area contributed by atoms with E-state index in [0.29, 0.717) is 5.11 Å². The second-order valence-electron chi connectivity index (χ2n) is 5.31. The second-order valence-corrected chi connectivity index (χ2v) is 5.72. The van der Waals surface area contributed by atoms with Crippen LogP contribution in [0.3, 0.4) is 0 Å². The van der Waals surface area contributed by atoms with Gasteiger partial charge in [0.05, 0.1) is 12.8 Å². The van der Waals surface area contributed by atoms with Crippen LogP contribution in [0.2, 0.25) is 0 Å². The third kappa shape index (κ3) is 4.79. The molecular weight excluding hydrogens is 306 g/mol. The Morgan fingerprint density at radius 1 is 1.13 bits per heavy atom. The van der Waals surface area contributed by atoms with E-state index in [2.05, 4.69) is 47.9 Å². The molecule has 0 heterocycles. The van der Waals surface area contributed by atoms with Gasteiger partial charge in [-0.05, 0) is 56.8 Å². The molecule has 4 nitrogen and oxygen atoms in total. The molecule has 0 amide bonds. The number of aryl methyl sites for hydroxylation is 2. The number of rotatable bonds is 4. The van der Waals surface area contributed by atoms with E-state index in [0.717, 1.165) is 22.7 Å². The zero-order valence-corrected chi connectivity index (χ0v) is 14.6. The van der Waals surface area contributed by atoms with Crippen LogP contribution in [0.15, 0.2) is 47.6 Å². The molecule has 0 unspecified atom stereocenters. The van der Waals surface area contributed by atoms with Crippen LogP contribution in [0.4, 0.5) is 5.69 Å². The zero-order valence-electron chi connectivity index (χ0n) is 13.8. The van der Waals surface area contributed by atoms with Gasteiger partial charge in [-0.25, -0.2) is 0 Å². The molecule has 0 atom stereocenters. The number of ether oxygens (including phenoxy) is 1. The molecule has 0 aromatic heterocycles. The lowest BCUT2D eigenvalue weighted by Gasteiger charge is -2.10. The van der Waals surface area contributed by atoms with Crippen LogP contribution >= 0.6 is 12.2 Å². The molecule has 2 rings (SSSR count). The number of methoxy groups -OCH3 is 1. The van der Waals surface area contributed by atoms with Crippen molar-refractivity contribution in [3.05, 3.63) is 59.2 Å². The van der Waals surface area contributed by atoms with Gasteiger partial charge in [0.15, 0.2) is 5.11 Å². The lowest BCUT2D eigenvalue weighted by Crippen LogP contribution is -2.25. The Labute approximate surface area is 142 Å². The van der Waals surface area contributed by atoms with E-state index in [1.54, 1.807) is 7.11 Å². The van der Waals surface area contributed by atoms with Crippen molar-refractivity contribution in [2.75, 3.05) is 12.4 Å². The Balaban J connectivity index is 2.03. The van der Waals surface area contributed by atoms with Crippen LogP contribution in [0.5, 0.6) is 5.75 Å². The molecule has 0 saturated carbocycles. The number of benzene rings is 2. The molecule has 23 heavy (non-hydrogen) atoms. The number of nitrogens with one attached hydrogen (secondary N) is 2. The Hall–Kier alpha value is -2.40. The number of hydrogen-bond acceptors (Lipinski definition) is 3. The highest BCUT2D eigenvalue weighted by molar-refractivity contribution is 7.80. The fourth-order valence-corrected chi connectivity index (χ4v) is 2.34. The molecule has 120 valence electrons. The lowest BCUT2D eigenvalue weighted by molar-refractivity contribution is 0.415. The van der Waals surface area contributed by atoms with Crippen molar-refractivity contribution < 1.29 is 4.74 Å². The predicted octanol–water partition coefficient (Wildman–Crippen LogP) is 4.02. The van der Waals surface area contributed by atoms with Gasteiger partial charge in [-0.3, -0.25) is 5.43 Å². The summed E-state index contributed by atoms with van der Waals surface area (Å²) in [6.45, 7) is 6.10. The van der Waals surface area contributed by atoms with Crippen molar-refractivity contribution in [3.8, 4) is 5.75 Å². The third-order valence-electron chi connectivity index (χ3n) is 3.44. The summed E-state index contributed by atoms with van der Waals surface area (Å²) in [5.41, 5.74) is 8.12. The summed E-state index contributed by atoms with van der Waals surface area (Å²) in [4.78, 5) is 0. The van der Waals surface area contributed by atoms with Crippen LogP contribution in [0.1, 0.15) is 23.6 Å². The van der Waals surface area contributed by atoms with Crippen molar-refractivity contribution in [2.24, 2.45) is 5.10 Å². The Bertz CT molecular complexity index is 741. The summed E-state index contributed by atoms with van der Waals surface area (Å²) in [7, 11) is 1.63. The molecule has 0 aliphatic rings. The molecule has 0 radical (unpaired) electrons. The van der Waals surface area contributed by atoms with E-state index in [1.165, 1.54) is 11.1 Å². The minimum Gasteiger partial charge on any atom is -0.497 e. The largest absolute Gasteiger partial charge is 0.497 e. The Morgan fingerprint density at radius 2 is 1.91 bits per heavy atom. The molecule has 2 N–H and O–H groups in total. The third-order valence-corrected chi connectivity index (χ3v) is 3.63. The lowest BCUT2D eigenvalue weighted by atomic mass is 10.0. The van der Waals surface area contributed by atoms with Gasteiger partial charge in [0.25, 0.3) is 0 Å². The van der Waals surface area contributed by atoms with Gasteiger partial charge in [-0.15, -0.1) is 0 Å². The van der Waals surface area contributed by atoms with Crippen molar-refractivity contribution in [2.45, 2.75) is 20.8 Å². The second kappa shape index (κ2) is 7.74. The maximum absolute atomic E-state index is 5.27. The summed E-state index contributed by atoms with van der Waals surface area (Å²) in [5.74, 6) is 0.771. The maximum atomic E-state index is 5.27. The molecule has 2 aromatic rings. The van der Waals surface area contributed by atoms with Crippen molar-refractivity contribution >= 4 is 28.7 Å². The van der Waals surface area contributed by atoms with E-state index >= 15 is 0 Å². The van der Waals surface area contributed by atoms with Gasteiger partial charge in [-0.1, -0.05) is 23.8 Å². The van der Waals surface area contributed by atoms with Crippen molar-refractivity contribution in [3.63, 3.8) is 0 Å². The topological polar surface area (TPSA) is 45.6 Å². The van der Waals surface area contributed by atoms with Crippen LogP contribution in [-0.4, -0.2) is 17.9 Å². The first kappa shape index (κ1) is 17.0. The standard InChI is InChI=1S/C18H21N3OS/c1-12-8-9-13(2)17(10-12)14(3)20-21-18(23)19-15-6-5-7-16(11-15)22-4/h5-11H,1-4H3,(H2,19,21,23)/b20-14-. The molecule has 0 aliphatic carbocycles. The molecule has 0 bridgehead atoms. The highest BCUT2D eigenvalue weighted by atomic mass is 32.1. The fourth-order valence-electron chi connectivity index (χ4n) is 2.18. The summed E-state index contributed by atoms with van der Waals surface area (Å²) in [6, 6.07) is 13.9. The summed E-state index contributed by atoms with van der Waals surface area (Å²) >= 11 is 5.27. The average Bonchev–Trinajstić information content (AvgIpc) is 2.55. The van der Waals surface area contributed by atoms with E-state index in [9.17, 15) is 0 Å². The molecule has 0 aliphatic heterocycles. The average molecular weight is 327 g/mol. The number of hydrogen-bond donors (Lipinski definition) is 2. The zero-order chi connectivity index (χ0) is 16.8. The predicted molar refractivity (Wildman–Crippen MR) is 100 cm³/mol. The first-order chi connectivity index (χ1) is 11.0. The quantitative estimate of drug-likeness (QED) is 0.506. The normalized spacial score (nSPS) is 11.0. The molecule has 5 heteroatoms. The summed E-state index contributed by atoms with van der Waals surface area (Å²) in [6.07, 6.45) is 0. The van der Waals surface area contributed by atoms with Crippen molar-refractivity contribution in [1.82, 2.24) is 5.43 Å². The van der Waals surface area contributed by atoms with Gasteiger partial charge in [0.1, 0.15) is 5.75 Å². The van der Waals surface area contributed by atoms with Crippen molar-refractivity contribution in [1.29, 1.82) is 0 Å².